The first kappa shape index (κ1) is 17.0. The van der Waals surface area contributed by atoms with E-state index in [4.69, 9.17) is 4.74 Å². The Morgan fingerprint density at radius 2 is 1.80 bits per heavy atom. The SMILES string of the molecule is CCC(C)c1ccccc1OC(C)CNCCC(C)C. The minimum absolute atomic E-state index is 0.201. The lowest BCUT2D eigenvalue weighted by atomic mass is 9.98. The van der Waals surface area contributed by atoms with Crippen molar-refractivity contribution in [3.05, 3.63) is 29.8 Å². The molecular formula is C18H31NO. The normalized spacial score (nSPS) is 14.3. The van der Waals surface area contributed by atoms with Crippen LogP contribution in [0.5, 0.6) is 5.75 Å². The van der Waals surface area contributed by atoms with Gasteiger partial charge in [-0.15, -0.1) is 0 Å². The Bertz CT molecular complexity index is 375. The number of benzene rings is 1. The average Bonchev–Trinajstić information content (AvgIpc) is 2.43. The highest BCUT2D eigenvalue weighted by Crippen LogP contribution is 2.28. The topological polar surface area (TPSA) is 21.3 Å². The first-order chi connectivity index (χ1) is 9.54. The number of rotatable bonds is 9. The Labute approximate surface area is 124 Å². The van der Waals surface area contributed by atoms with Crippen molar-refractivity contribution < 1.29 is 4.74 Å². The van der Waals surface area contributed by atoms with Crippen LogP contribution >= 0.6 is 0 Å². The number of nitrogens with one attached hydrogen (secondary N) is 1. The lowest BCUT2D eigenvalue weighted by Crippen LogP contribution is -2.30. The van der Waals surface area contributed by atoms with Crippen LogP contribution in [0, 0.1) is 5.92 Å². The third kappa shape index (κ3) is 5.96. The maximum absolute atomic E-state index is 6.11. The zero-order valence-electron chi connectivity index (χ0n) is 13.8. The monoisotopic (exact) mass is 277 g/mol. The fourth-order valence-electron chi connectivity index (χ4n) is 2.17. The van der Waals surface area contributed by atoms with E-state index in [1.54, 1.807) is 0 Å². The van der Waals surface area contributed by atoms with E-state index in [0.717, 1.165) is 31.2 Å². The summed E-state index contributed by atoms with van der Waals surface area (Å²) in [4.78, 5) is 0. The molecule has 1 aromatic carbocycles. The summed E-state index contributed by atoms with van der Waals surface area (Å²) in [6.07, 6.45) is 2.56. The van der Waals surface area contributed by atoms with Crippen LogP contribution in [-0.2, 0) is 0 Å². The molecule has 0 saturated heterocycles. The van der Waals surface area contributed by atoms with Gasteiger partial charge in [0, 0.05) is 6.54 Å². The molecule has 0 radical (unpaired) electrons. The summed E-state index contributed by atoms with van der Waals surface area (Å²) in [6, 6.07) is 8.43. The Hall–Kier alpha value is -1.02. The lowest BCUT2D eigenvalue weighted by molar-refractivity contribution is 0.213. The number of para-hydroxylation sites is 1. The molecule has 0 fully saturated rings. The Kier molecular flexibility index (Phi) is 7.68. The molecule has 2 unspecified atom stereocenters. The zero-order valence-corrected chi connectivity index (χ0v) is 13.8. The third-order valence-electron chi connectivity index (χ3n) is 3.72. The molecule has 114 valence electrons. The van der Waals surface area contributed by atoms with E-state index in [9.17, 15) is 0 Å². The first-order valence-electron chi connectivity index (χ1n) is 8.00. The fourth-order valence-corrected chi connectivity index (χ4v) is 2.17. The summed E-state index contributed by atoms with van der Waals surface area (Å²) >= 11 is 0. The number of hydrogen-bond donors (Lipinski definition) is 1. The summed E-state index contributed by atoms with van der Waals surface area (Å²) in [5, 5.41) is 3.47. The number of hydrogen-bond acceptors (Lipinski definition) is 2. The van der Waals surface area contributed by atoms with Crippen molar-refractivity contribution >= 4 is 0 Å². The van der Waals surface area contributed by atoms with Gasteiger partial charge in [-0.2, -0.15) is 0 Å². The third-order valence-corrected chi connectivity index (χ3v) is 3.72. The molecular weight excluding hydrogens is 246 g/mol. The smallest absolute Gasteiger partial charge is 0.123 e. The highest BCUT2D eigenvalue weighted by molar-refractivity contribution is 5.36. The van der Waals surface area contributed by atoms with Crippen LogP contribution in [0.15, 0.2) is 24.3 Å². The van der Waals surface area contributed by atoms with Crippen LogP contribution in [0.25, 0.3) is 0 Å². The second-order valence-electron chi connectivity index (χ2n) is 6.16. The van der Waals surface area contributed by atoms with Crippen molar-refractivity contribution in [2.24, 2.45) is 5.92 Å². The summed E-state index contributed by atoms with van der Waals surface area (Å²) in [5.41, 5.74) is 1.32. The molecule has 2 atom stereocenters. The van der Waals surface area contributed by atoms with Gasteiger partial charge >= 0.3 is 0 Å². The first-order valence-corrected chi connectivity index (χ1v) is 8.00. The molecule has 0 aliphatic heterocycles. The van der Waals surface area contributed by atoms with Crippen molar-refractivity contribution in [1.29, 1.82) is 0 Å². The molecule has 0 amide bonds. The minimum atomic E-state index is 0.201. The molecule has 0 aliphatic rings. The van der Waals surface area contributed by atoms with E-state index in [1.807, 2.05) is 0 Å². The fraction of sp³-hybridized carbons (Fsp3) is 0.667. The van der Waals surface area contributed by atoms with Crippen LogP contribution in [0.2, 0.25) is 0 Å². The van der Waals surface area contributed by atoms with E-state index >= 15 is 0 Å². The van der Waals surface area contributed by atoms with Gasteiger partial charge in [0.15, 0.2) is 0 Å². The summed E-state index contributed by atoms with van der Waals surface area (Å²) in [6.45, 7) is 13.1. The zero-order chi connectivity index (χ0) is 15.0. The molecule has 0 heterocycles. The van der Waals surface area contributed by atoms with E-state index in [2.05, 4.69) is 64.2 Å². The average molecular weight is 277 g/mol. The van der Waals surface area contributed by atoms with Gasteiger partial charge in [0.1, 0.15) is 11.9 Å². The van der Waals surface area contributed by atoms with Crippen LogP contribution in [-0.4, -0.2) is 19.2 Å². The number of ether oxygens (including phenoxy) is 1. The van der Waals surface area contributed by atoms with Crippen molar-refractivity contribution in [3.8, 4) is 5.75 Å². The van der Waals surface area contributed by atoms with E-state index in [-0.39, 0.29) is 6.10 Å². The van der Waals surface area contributed by atoms with Crippen molar-refractivity contribution in [1.82, 2.24) is 5.32 Å². The van der Waals surface area contributed by atoms with Crippen LogP contribution in [0.1, 0.15) is 58.9 Å². The van der Waals surface area contributed by atoms with Gasteiger partial charge in [-0.1, -0.05) is 45.9 Å². The van der Waals surface area contributed by atoms with Gasteiger partial charge in [0.25, 0.3) is 0 Å². The molecule has 1 aromatic rings. The predicted octanol–water partition coefficient (Wildman–Crippen LogP) is 4.60. The Morgan fingerprint density at radius 3 is 2.45 bits per heavy atom. The quantitative estimate of drug-likeness (QED) is 0.666. The van der Waals surface area contributed by atoms with E-state index in [1.165, 1.54) is 12.0 Å². The van der Waals surface area contributed by atoms with Crippen molar-refractivity contribution in [2.75, 3.05) is 13.1 Å². The highest BCUT2D eigenvalue weighted by Gasteiger charge is 2.12. The summed E-state index contributed by atoms with van der Waals surface area (Å²) in [5.74, 6) is 2.34. The summed E-state index contributed by atoms with van der Waals surface area (Å²) in [7, 11) is 0. The maximum Gasteiger partial charge on any atom is 0.123 e. The molecule has 2 nitrogen and oxygen atoms in total. The van der Waals surface area contributed by atoms with Crippen molar-refractivity contribution in [2.45, 2.75) is 59.5 Å². The molecule has 0 aromatic heterocycles. The molecule has 1 N–H and O–H groups in total. The predicted molar refractivity (Wildman–Crippen MR) is 87.6 cm³/mol. The molecule has 0 spiro atoms. The van der Waals surface area contributed by atoms with Crippen LogP contribution in [0.3, 0.4) is 0 Å². The molecule has 0 bridgehead atoms. The van der Waals surface area contributed by atoms with E-state index in [0.29, 0.717) is 5.92 Å². The lowest BCUT2D eigenvalue weighted by Gasteiger charge is -2.20. The molecule has 1 rings (SSSR count). The van der Waals surface area contributed by atoms with Crippen LogP contribution in [0.4, 0.5) is 0 Å². The highest BCUT2D eigenvalue weighted by atomic mass is 16.5. The minimum Gasteiger partial charge on any atom is -0.489 e. The molecule has 0 saturated carbocycles. The van der Waals surface area contributed by atoms with E-state index < -0.39 is 0 Å². The Morgan fingerprint density at radius 1 is 1.10 bits per heavy atom. The second kappa shape index (κ2) is 9.02. The second-order valence-corrected chi connectivity index (χ2v) is 6.16. The van der Waals surface area contributed by atoms with Crippen LogP contribution < -0.4 is 10.1 Å². The maximum atomic E-state index is 6.11. The molecule has 0 aliphatic carbocycles. The Balaban J connectivity index is 2.47. The van der Waals surface area contributed by atoms with Gasteiger partial charge < -0.3 is 10.1 Å². The largest absolute Gasteiger partial charge is 0.489 e. The van der Waals surface area contributed by atoms with Crippen molar-refractivity contribution in [3.63, 3.8) is 0 Å². The van der Waals surface area contributed by atoms with Gasteiger partial charge in [0.2, 0.25) is 0 Å². The summed E-state index contributed by atoms with van der Waals surface area (Å²) < 4.78 is 6.11. The standard InChI is InChI=1S/C18H31NO/c1-6-15(4)17-9-7-8-10-18(17)20-16(5)13-19-12-11-14(2)3/h7-10,14-16,19H,6,11-13H2,1-5H3. The van der Waals surface area contributed by atoms with Gasteiger partial charge in [0.05, 0.1) is 0 Å². The molecule has 2 heteroatoms. The van der Waals surface area contributed by atoms with Gasteiger partial charge in [-0.05, 0) is 49.8 Å². The van der Waals surface area contributed by atoms with Gasteiger partial charge in [-0.3, -0.25) is 0 Å². The molecule has 20 heavy (non-hydrogen) atoms. The van der Waals surface area contributed by atoms with Gasteiger partial charge in [-0.25, -0.2) is 0 Å².